The van der Waals surface area contributed by atoms with Crippen LogP contribution >= 0.6 is 0 Å². The summed E-state index contributed by atoms with van der Waals surface area (Å²) in [5.74, 6) is 0.152. The van der Waals surface area contributed by atoms with Gasteiger partial charge < -0.3 is 29.7 Å². The highest BCUT2D eigenvalue weighted by molar-refractivity contribution is 5.39. The maximum atomic E-state index is 13.0. The number of ether oxygens (including phenoxy) is 3. The van der Waals surface area contributed by atoms with E-state index >= 15 is 0 Å². The van der Waals surface area contributed by atoms with Gasteiger partial charge in [0, 0.05) is 39.2 Å². The number of hydrogen-bond donors (Lipinski definition) is 3. The number of aryl methyl sites for hydroxylation is 1. The second kappa shape index (κ2) is 16.8. The number of nitrogens with one attached hydrogen (secondary N) is 1. The zero-order valence-electron chi connectivity index (χ0n) is 27.7. The Hall–Kier alpha value is -3.89. The number of rotatable bonds is 18. The number of nitrogens with zero attached hydrogens (tertiary/aromatic N) is 2. The van der Waals surface area contributed by atoms with Crippen molar-refractivity contribution in [2.75, 3.05) is 26.3 Å². The van der Waals surface area contributed by atoms with Crippen LogP contribution in [0.4, 0.5) is 0 Å². The molecule has 1 aliphatic rings. The third-order valence-electron chi connectivity index (χ3n) is 8.46. The molecule has 0 spiro atoms. The third-order valence-corrected chi connectivity index (χ3v) is 8.46. The first-order valence-corrected chi connectivity index (χ1v) is 16.9. The van der Waals surface area contributed by atoms with Crippen molar-refractivity contribution in [1.82, 2.24) is 14.5 Å². The van der Waals surface area contributed by atoms with Gasteiger partial charge in [-0.2, -0.15) is 0 Å². The van der Waals surface area contributed by atoms with Gasteiger partial charge in [-0.25, -0.2) is 4.79 Å². The Labute approximate surface area is 277 Å². The van der Waals surface area contributed by atoms with E-state index in [0.717, 1.165) is 98.4 Å². The van der Waals surface area contributed by atoms with Crippen molar-refractivity contribution in [2.45, 2.75) is 83.8 Å². The van der Waals surface area contributed by atoms with Crippen LogP contribution < -0.4 is 15.7 Å². The minimum absolute atomic E-state index is 0.0493. The molecule has 0 aliphatic carbocycles. The highest BCUT2D eigenvalue weighted by Gasteiger charge is 2.27. The Kier molecular flexibility index (Phi) is 12.3. The van der Waals surface area contributed by atoms with E-state index in [9.17, 15) is 15.0 Å². The summed E-state index contributed by atoms with van der Waals surface area (Å²) in [5.41, 5.74) is 4.44. The number of hydrogen-bond acceptors (Lipinski definition) is 7. The molecule has 1 atom stereocenters. The number of aliphatic hydroxyl groups is 1. The first kappa shape index (κ1) is 34.4. The quantitative estimate of drug-likeness (QED) is 0.110. The van der Waals surface area contributed by atoms with Crippen molar-refractivity contribution in [2.24, 2.45) is 0 Å². The smallest absolute Gasteiger partial charge is 0.335 e. The van der Waals surface area contributed by atoms with Crippen molar-refractivity contribution in [3.63, 3.8) is 0 Å². The van der Waals surface area contributed by atoms with Crippen LogP contribution in [0.1, 0.15) is 80.7 Å². The van der Waals surface area contributed by atoms with Crippen molar-refractivity contribution >= 4 is 0 Å². The van der Waals surface area contributed by atoms with Gasteiger partial charge in [-0.15, -0.1) is 0 Å². The highest BCUT2D eigenvalue weighted by atomic mass is 16.7. The van der Waals surface area contributed by atoms with E-state index in [1.54, 1.807) is 0 Å². The lowest BCUT2D eigenvalue weighted by Gasteiger charge is -2.33. The first-order valence-electron chi connectivity index (χ1n) is 16.9. The van der Waals surface area contributed by atoms with E-state index < -0.39 is 11.9 Å². The molecule has 0 bridgehead atoms. The summed E-state index contributed by atoms with van der Waals surface area (Å²) < 4.78 is 20.3. The molecule has 9 heteroatoms. The van der Waals surface area contributed by atoms with Gasteiger partial charge >= 0.3 is 5.69 Å². The molecular formula is C38H49N3O6. The highest BCUT2D eigenvalue weighted by Crippen LogP contribution is 2.32. The Morgan fingerprint density at radius 2 is 1.68 bits per heavy atom. The normalized spacial score (nSPS) is 14.4. The number of imidazole rings is 1. The van der Waals surface area contributed by atoms with Crippen LogP contribution in [-0.2, 0) is 29.0 Å². The van der Waals surface area contributed by atoms with Gasteiger partial charge in [-0.05, 0) is 79.6 Å². The van der Waals surface area contributed by atoms with Crippen molar-refractivity contribution in [3.05, 3.63) is 112 Å². The Morgan fingerprint density at radius 3 is 2.51 bits per heavy atom. The van der Waals surface area contributed by atoms with E-state index in [1.165, 1.54) is 15.3 Å². The molecule has 3 aromatic carbocycles. The molecule has 252 valence electrons. The standard InChI is InChI=1S/C38H49N3O6/c1-38(2)46-28-32-24-31(18-19-35(32)47-38)34(42)25-39-20-9-3-4-10-21-45-22-11-8-13-29-16-12-17-33(23-29)40-27-36(43)41(37(40)44)26-30-14-6-5-7-15-30/h5-7,12,14-19,23-24,27,34,39,42-43H,3-4,8-11,13,20-22,25-26,28H2,1-2H3/t34-/m0/s1. The van der Waals surface area contributed by atoms with Gasteiger partial charge in [0.15, 0.2) is 0 Å². The van der Waals surface area contributed by atoms with Gasteiger partial charge in [0.1, 0.15) is 5.75 Å². The van der Waals surface area contributed by atoms with Crippen molar-refractivity contribution < 1.29 is 24.4 Å². The van der Waals surface area contributed by atoms with Gasteiger partial charge in [0.05, 0.1) is 31.1 Å². The van der Waals surface area contributed by atoms with Crippen LogP contribution in [0, 0.1) is 0 Å². The second-order valence-electron chi connectivity index (χ2n) is 12.7. The molecule has 2 heterocycles. The largest absolute Gasteiger partial charge is 0.493 e. The van der Waals surface area contributed by atoms with Gasteiger partial charge in [-0.3, -0.25) is 9.13 Å². The molecule has 47 heavy (non-hydrogen) atoms. The van der Waals surface area contributed by atoms with Gasteiger partial charge in [0.25, 0.3) is 0 Å². The minimum atomic E-state index is -0.618. The molecule has 0 unspecified atom stereocenters. The molecule has 0 saturated carbocycles. The monoisotopic (exact) mass is 643 g/mol. The maximum Gasteiger partial charge on any atom is 0.335 e. The maximum absolute atomic E-state index is 13.0. The third kappa shape index (κ3) is 10.0. The van der Waals surface area contributed by atoms with Crippen LogP contribution in [0.25, 0.3) is 5.69 Å². The van der Waals surface area contributed by atoms with E-state index in [2.05, 4.69) is 11.4 Å². The zero-order chi connectivity index (χ0) is 33.1. The van der Waals surface area contributed by atoms with Crippen LogP contribution in [0.15, 0.2) is 83.8 Å². The number of aliphatic hydroxyl groups excluding tert-OH is 1. The average molecular weight is 644 g/mol. The molecule has 3 N–H and O–H groups in total. The molecular weight excluding hydrogens is 594 g/mol. The lowest BCUT2D eigenvalue weighted by Crippen LogP contribution is -2.35. The Bertz CT molecular complexity index is 1610. The SMILES string of the molecule is CC1(C)OCc2cc([C@@H](O)CNCCCCCCOCCCCc3cccc(-n4cc(O)n(Cc5ccccc5)c4=O)c3)ccc2O1. The summed E-state index contributed by atoms with van der Waals surface area (Å²) in [6, 6.07) is 23.4. The number of aromatic hydroxyl groups is 1. The number of unbranched alkanes of at least 4 members (excludes halogenated alkanes) is 4. The molecule has 0 amide bonds. The zero-order valence-corrected chi connectivity index (χ0v) is 27.7. The Morgan fingerprint density at radius 1 is 0.915 bits per heavy atom. The summed E-state index contributed by atoms with van der Waals surface area (Å²) in [7, 11) is 0. The van der Waals surface area contributed by atoms with Gasteiger partial charge in [0.2, 0.25) is 11.7 Å². The van der Waals surface area contributed by atoms with Gasteiger partial charge in [-0.1, -0.05) is 61.4 Å². The average Bonchev–Trinajstić information content (AvgIpc) is 3.35. The number of aromatic nitrogens is 2. The summed E-state index contributed by atoms with van der Waals surface area (Å²) >= 11 is 0. The topological polar surface area (TPSA) is 107 Å². The van der Waals surface area contributed by atoms with E-state index in [-0.39, 0.29) is 11.6 Å². The molecule has 4 aromatic rings. The van der Waals surface area contributed by atoms with E-state index in [4.69, 9.17) is 14.2 Å². The summed E-state index contributed by atoms with van der Waals surface area (Å²) in [6.07, 6.45) is 8.17. The lowest BCUT2D eigenvalue weighted by atomic mass is 10.0. The fourth-order valence-corrected chi connectivity index (χ4v) is 5.79. The summed E-state index contributed by atoms with van der Waals surface area (Å²) in [5, 5.41) is 24.4. The molecule has 0 radical (unpaired) electrons. The fourth-order valence-electron chi connectivity index (χ4n) is 5.79. The minimum Gasteiger partial charge on any atom is -0.493 e. The molecule has 1 aromatic heterocycles. The van der Waals surface area contributed by atoms with Crippen molar-refractivity contribution in [3.8, 4) is 17.3 Å². The summed E-state index contributed by atoms with van der Waals surface area (Å²) in [6.45, 7) is 7.51. The number of benzene rings is 3. The van der Waals surface area contributed by atoms with Crippen LogP contribution in [0.5, 0.6) is 11.6 Å². The molecule has 0 saturated heterocycles. The lowest BCUT2D eigenvalue weighted by molar-refractivity contribution is -0.180. The summed E-state index contributed by atoms with van der Waals surface area (Å²) in [4.78, 5) is 13.0. The molecule has 5 rings (SSSR count). The van der Waals surface area contributed by atoms with Crippen LogP contribution in [0.2, 0.25) is 0 Å². The molecule has 1 aliphatic heterocycles. The predicted molar refractivity (Wildman–Crippen MR) is 183 cm³/mol. The van der Waals surface area contributed by atoms with E-state index in [1.807, 2.05) is 80.6 Å². The second-order valence-corrected chi connectivity index (χ2v) is 12.7. The molecule has 9 nitrogen and oxygen atoms in total. The molecule has 0 fully saturated rings. The number of fused-ring (bicyclic) bond motifs is 1. The van der Waals surface area contributed by atoms with Crippen LogP contribution in [0.3, 0.4) is 0 Å². The van der Waals surface area contributed by atoms with Crippen molar-refractivity contribution in [1.29, 1.82) is 0 Å². The Balaban J connectivity index is 0.902. The fraction of sp³-hybridized carbons (Fsp3) is 0.447. The first-order chi connectivity index (χ1) is 22.8. The predicted octanol–water partition coefficient (Wildman–Crippen LogP) is 6.26. The van der Waals surface area contributed by atoms with E-state index in [0.29, 0.717) is 19.7 Å². The van der Waals surface area contributed by atoms with Crippen LogP contribution in [-0.4, -0.2) is 51.4 Å².